The number of nitrogens with zero attached hydrogens (tertiary/aromatic N) is 3. The quantitative estimate of drug-likeness (QED) is 0.557. The maximum atomic E-state index is 11.3. The Morgan fingerprint density at radius 1 is 1.69 bits per heavy atom. The van der Waals surface area contributed by atoms with Gasteiger partial charge in [0, 0.05) is 7.05 Å². The van der Waals surface area contributed by atoms with Crippen LogP contribution in [0.25, 0.3) is 0 Å². The highest BCUT2D eigenvalue weighted by atomic mass is 32.1. The Labute approximate surface area is 79.3 Å². The van der Waals surface area contributed by atoms with E-state index < -0.39 is 6.04 Å². The Kier molecular flexibility index (Phi) is 1.73. The van der Waals surface area contributed by atoms with E-state index in [-0.39, 0.29) is 5.91 Å². The van der Waals surface area contributed by atoms with E-state index in [4.69, 9.17) is 12.2 Å². The van der Waals surface area contributed by atoms with Crippen LogP contribution in [0.1, 0.15) is 11.7 Å². The van der Waals surface area contributed by atoms with Crippen molar-refractivity contribution in [2.24, 2.45) is 7.05 Å². The van der Waals surface area contributed by atoms with Crippen LogP contribution in [0.4, 0.5) is 0 Å². The lowest BCUT2D eigenvalue weighted by atomic mass is 10.2. The molecule has 0 radical (unpaired) electrons. The fourth-order valence-corrected chi connectivity index (χ4v) is 1.34. The van der Waals surface area contributed by atoms with Crippen LogP contribution in [0.15, 0.2) is 6.20 Å². The van der Waals surface area contributed by atoms with Crippen LogP contribution in [-0.2, 0) is 11.8 Å². The predicted molar refractivity (Wildman–Crippen MR) is 47.6 cm³/mol. The first-order valence-corrected chi connectivity index (χ1v) is 4.05. The first-order chi connectivity index (χ1) is 6.16. The molecule has 2 heterocycles. The molecule has 0 aliphatic carbocycles. The van der Waals surface area contributed by atoms with E-state index in [2.05, 4.69) is 20.8 Å². The second kappa shape index (κ2) is 2.77. The van der Waals surface area contributed by atoms with Crippen LogP contribution in [-0.4, -0.2) is 26.0 Å². The highest BCUT2D eigenvalue weighted by Crippen LogP contribution is 2.12. The normalized spacial score (nSPS) is 21.5. The molecule has 0 bridgehead atoms. The van der Waals surface area contributed by atoms with Gasteiger partial charge in [0.2, 0.25) is 0 Å². The number of amides is 1. The molecule has 2 rings (SSSR count). The first-order valence-electron chi connectivity index (χ1n) is 3.64. The molecule has 0 aromatic carbocycles. The summed E-state index contributed by atoms with van der Waals surface area (Å²) < 4.78 is 0. The molecule has 7 heteroatoms. The summed E-state index contributed by atoms with van der Waals surface area (Å²) in [5.74, 6) is -0.189. The molecule has 68 valence electrons. The van der Waals surface area contributed by atoms with Gasteiger partial charge in [0.25, 0.3) is 5.91 Å². The Morgan fingerprint density at radius 3 is 2.92 bits per heavy atom. The molecule has 1 unspecified atom stereocenters. The molecule has 1 fully saturated rings. The van der Waals surface area contributed by atoms with Gasteiger partial charge < -0.3 is 10.6 Å². The van der Waals surface area contributed by atoms with E-state index in [9.17, 15) is 4.79 Å². The fraction of sp³-hybridized carbons (Fsp3) is 0.333. The van der Waals surface area contributed by atoms with E-state index >= 15 is 0 Å². The average molecular weight is 197 g/mol. The first kappa shape index (κ1) is 8.11. The van der Waals surface area contributed by atoms with Crippen molar-refractivity contribution >= 4 is 23.2 Å². The fourth-order valence-electron chi connectivity index (χ4n) is 1.12. The molecule has 1 amide bonds. The summed E-state index contributed by atoms with van der Waals surface area (Å²) in [6.45, 7) is 0. The topological polar surface area (TPSA) is 71.8 Å². The van der Waals surface area contributed by atoms with Gasteiger partial charge in [-0.1, -0.05) is 0 Å². The second-order valence-corrected chi connectivity index (χ2v) is 3.06. The van der Waals surface area contributed by atoms with Crippen molar-refractivity contribution in [2.45, 2.75) is 6.04 Å². The monoisotopic (exact) mass is 197 g/mol. The van der Waals surface area contributed by atoms with Crippen LogP contribution in [0.3, 0.4) is 0 Å². The molecule has 0 saturated carbocycles. The maximum absolute atomic E-state index is 11.3. The molecule has 13 heavy (non-hydrogen) atoms. The number of hydrogen-bond donors (Lipinski definition) is 2. The van der Waals surface area contributed by atoms with Gasteiger partial charge in [-0.15, -0.1) is 0 Å². The third-order valence-electron chi connectivity index (χ3n) is 1.69. The van der Waals surface area contributed by atoms with Crippen LogP contribution in [0.5, 0.6) is 0 Å². The third-order valence-corrected chi connectivity index (χ3v) is 1.91. The van der Waals surface area contributed by atoms with Crippen molar-refractivity contribution in [1.82, 2.24) is 25.6 Å². The van der Waals surface area contributed by atoms with Crippen LogP contribution in [0, 0.1) is 0 Å². The minimum atomic E-state index is -0.499. The van der Waals surface area contributed by atoms with E-state index in [1.807, 2.05) is 0 Å². The molecule has 6 nitrogen and oxygen atoms in total. The van der Waals surface area contributed by atoms with Gasteiger partial charge >= 0.3 is 0 Å². The standard InChI is InChI=1S/C6H7N5OS/c1-11-7-2-3(10-11)4-5(12)9-6(13)8-4/h2,4H,1H3,(H2,8,9,12,13). The Hall–Kier alpha value is -1.50. The molecular formula is C6H7N5OS. The Balaban J connectivity index is 2.27. The Bertz CT molecular complexity index is 373. The summed E-state index contributed by atoms with van der Waals surface area (Å²) in [6, 6.07) is -0.499. The third kappa shape index (κ3) is 1.37. The summed E-state index contributed by atoms with van der Waals surface area (Å²) in [4.78, 5) is 12.7. The summed E-state index contributed by atoms with van der Waals surface area (Å²) >= 11 is 4.78. The minimum Gasteiger partial charge on any atom is -0.346 e. The number of hydrogen-bond acceptors (Lipinski definition) is 4. The molecule has 0 spiro atoms. The molecule has 2 N–H and O–H groups in total. The molecule has 1 aliphatic rings. The molecule has 1 atom stereocenters. The van der Waals surface area contributed by atoms with E-state index in [1.54, 1.807) is 7.05 Å². The summed E-state index contributed by atoms with van der Waals surface area (Å²) in [6.07, 6.45) is 1.53. The minimum absolute atomic E-state index is 0.189. The molecule has 1 aromatic heterocycles. The zero-order valence-corrected chi connectivity index (χ0v) is 7.63. The van der Waals surface area contributed by atoms with Crippen LogP contribution >= 0.6 is 12.2 Å². The molecule has 1 saturated heterocycles. The van der Waals surface area contributed by atoms with Crippen molar-refractivity contribution < 1.29 is 4.79 Å². The van der Waals surface area contributed by atoms with Gasteiger partial charge in [0.1, 0.15) is 5.69 Å². The number of carbonyl (C=O) groups excluding carboxylic acids is 1. The van der Waals surface area contributed by atoms with Gasteiger partial charge in [0.05, 0.1) is 6.20 Å². The zero-order chi connectivity index (χ0) is 9.42. The van der Waals surface area contributed by atoms with Crippen molar-refractivity contribution in [2.75, 3.05) is 0 Å². The van der Waals surface area contributed by atoms with Crippen molar-refractivity contribution in [3.63, 3.8) is 0 Å². The van der Waals surface area contributed by atoms with Crippen LogP contribution in [0.2, 0.25) is 0 Å². The van der Waals surface area contributed by atoms with Crippen molar-refractivity contribution in [1.29, 1.82) is 0 Å². The van der Waals surface area contributed by atoms with Crippen molar-refractivity contribution in [3.05, 3.63) is 11.9 Å². The highest BCUT2D eigenvalue weighted by molar-refractivity contribution is 7.80. The SMILES string of the molecule is Cn1ncc(C2NC(=S)NC2=O)n1. The lowest BCUT2D eigenvalue weighted by Gasteiger charge is -2.00. The van der Waals surface area contributed by atoms with Crippen LogP contribution < -0.4 is 10.6 Å². The number of thiocarbonyl (C=S) groups is 1. The van der Waals surface area contributed by atoms with E-state index in [0.29, 0.717) is 10.8 Å². The van der Waals surface area contributed by atoms with E-state index in [1.165, 1.54) is 11.0 Å². The lowest BCUT2D eigenvalue weighted by Crippen LogP contribution is -2.21. The molecule has 1 aromatic rings. The van der Waals surface area contributed by atoms with Gasteiger partial charge in [0.15, 0.2) is 11.2 Å². The second-order valence-electron chi connectivity index (χ2n) is 2.65. The number of aromatic nitrogens is 3. The average Bonchev–Trinajstić information content (AvgIpc) is 2.58. The lowest BCUT2D eigenvalue weighted by molar-refractivity contribution is -0.120. The van der Waals surface area contributed by atoms with Crippen molar-refractivity contribution in [3.8, 4) is 0 Å². The van der Waals surface area contributed by atoms with E-state index in [0.717, 1.165) is 0 Å². The zero-order valence-electron chi connectivity index (χ0n) is 6.81. The summed E-state index contributed by atoms with van der Waals surface area (Å²) in [5, 5.41) is 13.5. The summed E-state index contributed by atoms with van der Waals surface area (Å²) in [7, 11) is 1.69. The molecular weight excluding hydrogens is 190 g/mol. The highest BCUT2D eigenvalue weighted by Gasteiger charge is 2.30. The number of aryl methyl sites for hydroxylation is 1. The number of carbonyl (C=O) groups is 1. The predicted octanol–water partition coefficient (Wildman–Crippen LogP) is -1.14. The Morgan fingerprint density at radius 2 is 2.46 bits per heavy atom. The maximum Gasteiger partial charge on any atom is 0.255 e. The largest absolute Gasteiger partial charge is 0.346 e. The van der Waals surface area contributed by atoms with Gasteiger partial charge in [-0.25, -0.2) is 0 Å². The van der Waals surface area contributed by atoms with Gasteiger partial charge in [-0.3, -0.25) is 4.79 Å². The summed E-state index contributed by atoms with van der Waals surface area (Å²) in [5.41, 5.74) is 0.569. The van der Waals surface area contributed by atoms with Gasteiger partial charge in [-0.2, -0.15) is 15.0 Å². The smallest absolute Gasteiger partial charge is 0.255 e. The van der Waals surface area contributed by atoms with Gasteiger partial charge in [-0.05, 0) is 12.2 Å². The number of rotatable bonds is 1. The molecule has 1 aliphatic heterocycles. The number of nitrogens with one attached hydrogen (secondary N) is 2.